The number of hydrogen-bond donors (Lipinski definition) is 1. The number of carbonyl (C=O) groups is 1. The van der Waals surface area contributed by atoms with Crippen molar-refractivity contribution in [3.63, 3.8) is 0 Å². The van der Waals surface area contributed by atoms with Gasteiger partial charge in [-0.15, -0.1) is 0 Å². The summed E-state index contributed by atoms with van der Waals surface area (Å²) < 4.78 is 0. The van der Waals surface area contributed by atoms with E-state index in [4.69, 9.17) is 0 Å². The molecule has 2 heterocycles. The van der Waals surface area contributed by atoms with Crippen LogP contribution in [0.4, 0.5) is 11.5 Å². The third-order valence-electron chi connectivity index (χ3n) is 5.00. The van der Waals surface area contributed by atoms with Crippen molar-refractivity contribution >= 4 is 17.4 Å². The zero-order valence-electron chi connectivity index (χ0n) is 16.1. The Morgan fingerprint density at radius 3 is 2.42 bits per heavy atom. The van der Waals surface area contributed by atoms with Gasteiger partial charge in [0.25, 0.3) is 5.91 Å². The Bertz CT molecular complexity index is 762. The third-order valence-corrected chi connectivity index (χ3v) is 5.00. The Hall–Kier alpha value is -2.43. The summed E-state index contributed by atoms with van der Waals surface area (Å²) in [5, 5.41) is 2.94. The van der Waals surface area contributed by atoms with E-state index in [0.717, 1.165) is 43.4 Å². The fourth-order valence-corrected chi connectivity index (χ4v) is 3.21. The van der Waals surface area contributed by atoms with Gasteiger partial charge in [-0.3, -0.25) is 4.79 Å². The lowest BCUT2D eigenvalue weighted by Crippen LogP contribution is -2.34. The van der Waals surface area contributed by atoms with Gasteiger partial charge in [0.1, 0.15) is 17.3 Å². The molecular weight excluding hydrogens is 324 g/mol. The topological polar surface area (TPSA) is 58.1 Å². The van der Waals surface area contributed by atoms with Gasteiger partial charge in [0.2, 0.25) is 0 Å². The maximum atomic E-state index is 12.7. The molecule has 0 bridgehead atoms. The van der Waals surface area contributed by atoms with Crippen molar-refractivity contribution in [3.8, 4) is 0 Å². The van der Waals surface area contributed by atoms with E-state index in [1.807, 2.05) is 31.2 Å². The number of piperidine rings is 1. The molecule has 3 rings (SSSR count). The normalized spacial score (nSPS) is 15.3. The molecule has 0 saturated carbocycles. The van der Waals surface area contributed by atoms with Crippen molar-refractivity contribution < 1.29 is 4.79 Å². The standard InChI is InChI=1S/C21H28N4O/c1-14(2)17-5-7-18(8-6-17)24-21(26)19-13-20(23-16(4)22-19)25-11-9-15(3)10-12-25/h5-8,13-15H,9-12H2,1-4H3,(H,24,26). The Morgan fingerprint density at radius 1 is 1.15 bits per heavy atom. The van der Waals surface area contributed by atoms with E-state index in [1.165, 1.54) is 5.56 Å². The van der Waals surface area contributed by atoms with Gasteiger partial charge >= 0.3 is 0 Å². The molecule has 1 aliphatic rings. The van der Waals surface area contributed by atoms with Gasteiger partial charge < -0.3 is 10.2 Å². The monoisotopic (exact) mass is 352 g/mol. The molecule has 2 aromatic rings. The minimum Gasteiger partial charge on any atom is -0.356 e. The molecule has 5 heteroatoms. The molecular formula is C21H28N4O. The lowest BCUT2D eigenvalue weighted by molar-refractivity contribution is 0.102. The number of nitrogens with one attached hydrogen (secondary N) is 1. The number of nitrogens with zero attached hydrogens (tertiary/aromatic N) is 3. The molecule has 1 aromatic heterocycles. The Morgan fingerprint density at radius 2 is 1.81 bits per heavy atom. The van der Waals surface area contributed by atoms with Gasteiger partial charge in [-0.2, -0.15) is 0 Å². The van der Waals surface area contributed by atoms with Crippen LogP contribution in [0.15, 0.2) is 30.3 Å². The smallest absolute Gasteiger partial charge is 0.274 e. The van der Waals surface area contributed by atoms with Crippen molar-refractivity contribution in [1.82, 2.24) is 9.97 Å². The van der Waals surface area contributed by atoms with Gasteiger partial charge in [0.15, 0.2) is 0 Å². The second kappa shape index (κ2) is 7.85. The summed E-state index contributed by atoms with van der Waals surface area (Å²) in [6.07, 6.45) is 2.32. The quantitative estimate of drug-likeness (QED) is 0.886. The van der Waals surface area contributed by atoms with Crippen molar-refractivity contribution in [2.45, 2.75) is 46.5 Å². The number of anilines is 2. The van der Waals surface area contributed by atoms with Crippen LogP contribution in [-0.4, -0.2) is 29.0 Å². The van der Waals surface area contributed by atoms with Crippen molar-refractivity contribution in [2.75, 3.05) is 23.3 Å². The second-order valence-corrected chi connectivity index (χ2v) is 7.56. The first kappa shape index (κ1) is 18.4. The zero-order chi connectivity index (χ0) is 18.7. The fourth-order valence-electron chi connectivity index (χ4n) is 3.21. The first-order valence-corrected chi connectivity index (χ1v) is 9.44. The van der Waals surface area contributed by atoms with E-state index in [9.17, 15) is 4.79 Å². The van der Waals surface area contributed by atoms with Gasteiger partial charge in [0.05, 0.1) is 0 Å². The van der Waals surface area contributed by atoms with Crippen LogP contribution in [0.2, 0.25) is 0 Å². The predicted molar refractivity (Wildman–Crippen MR) is 106 cm³/mol. The summed E-state index contributed by atoms with van der Waals surface area (Å²) in [5.41, 5.74) is 2.45. The summed E-state index contributed by atoms with van der Waals surface area (Å²) in [5.74, 6) is 2.51. The molecule has 1 saturated heterocycles. The number of carbonyl (C=O) groups excluding carboxylic acids is 1. The number of aryl methyl sites for hydroxylation is 1. The molecule has 138 valence electrons. The van der Waals surface area contributed by atoms with Gasteiger partial charge in [-0.1, -0.05) is 32.9 Å². The van der Waals surface area contributed by atoms with E-state index in [2.05, 4.69) is 41.0 Å². The average Bonchev–Trinajstić information content (AvgIpc) is 2.62. The number of rotatable bonds is 4. The van der Waals surface area contributed by atoms with Gasteiger partial charge in [0, 0.05) is 24.8 Å². The molecule has 0 unspecified atom stereocenters. The SMILES string of the molecule is Cc1nc(C(=O)Nc2ccc(C(C)C)cc2)cc(N2CCC(C)CC2)n1. The highest BCUT2D eigenvalue weighted by atomic mass is 16.1. The molecule has 0 atom stereocenters. The van der Waals surface area contributed by atoms with Crippen LogP contribution in [0.3, 0.4) is 0 Å². The summed E-state index contributed by atoms with van der Waals surface area (Å²) in [6.45, 7) is 10.4. The largest absolute Gasteiger partial charge is 0.356 e. The van der Waals surface area contributed by atoms with Crippen LogP contribution in [0.1, 0.15) is 61.4 Å². The summed E-state index contributed by atoms with van der Waals surface area (Å²) in [4.78, 5) is 23.8. The lowest BCUT2D eigenvalue weighted by Gasteiger charge is -2.31. The van der Waals surface area contributed by atoms with Crippen LogP contribution in [0.25, 0.3) is 0 Å². The number of benzene rings is 1. The van der Waals surface area contributed by atoms with Crippen molar-refractivity contribution in [3.05, 3.63) is 47.4 Å². The van der Waals surface area contributed by atoms with Crippen LogP contribution < -0.4 is 10.2 Å². The molecule has 0 spiro atoms. The van der Waals surface area contributed by atoms with Crippen LogP contribution in [-0.2, 0) is 0 Å². The highest BCUT2D eigenvalue weighted by molar-refractivity contribution is 6.03. The van der Waals surface area contributed by atoms with E-state index < -0.39 is 0 Å². The first-order chi connectivity index (χ1) is 12.4. The summed E-state index contributed by atoms with van der Waals surface area (Å²) >= 11 is 0. The molecule has 0 aliphatic carbocycles. The molecule has 1 amide bonds. The molecule has 0 radical (unpaired) electrons. The number of hydrogen-bond acceptors (Lipinski definition) is 4. The van der Waals surface area contributed by atoms with E-state index in [0.29, 0.717) is 17.4 Å². The minimum absolute atomic E-state index is 0.195. The summed E-state index contributed by atoms with van der Waals surface area (Å²) in [7, 11) is 0. The van der Waals surface area contributed by atoms with E-state index in [1.54, 1.807) is 6.07 Å². The summed E-state index contributed by atoms with van der Waals surface area (Å²) in [6, 6.07) is 9.78. The van der Waals surface area contributed by atoms with Crippen LogP contribution in [0.5, 0.6) is 0 Å². The molecule has 1 aliphatic heterocycles. The predicted octanol–water partition coefficient (Wildman–Crippen LogP) is 4.40. The van der Waals surface area contributed by atoms with Crippen LogP contribution >= 0.6 is 0 Å². The van der Waals surface area contributed by atoms with E-state index >= 15 is 0 Å². The third kappa shape index (κ3) is 4.40. The molecule has 1 fully saturated rings. The highest BCUT2D eigenvalue weighted by Crippen LogP contribution is 2.22. The molecule has 1 N–H and O–H groups in total. The average molecular weight is 352 g/mol. The zero-order valence-corrected chi connectivity index (χ0v) is 16.1. The molecule has 5 nitrogen and oxygen atoms in total. The maximum Gasteiger partial charge on any atom is 0.274 e. The number of aromatic nitrogens is 2. The van der Waals surface area contributed by atoms with Crippen LogP contribution in [0, 0.1) is 12.8 Å². The van der Waals surface area contributed by atoms with Gasteiger partial charge in [-0.05, 0) is 49.3 Å². The number of amides is 1. The molecule has 26 heavy (non-hydrogen) atoms. The highest BCUT2D eigenvalue weighted by Gasteiger charge is 2.19. The Balaban J connectivity index is 1.74. The van der Waals surface area contributed by atoms with Gasteiger partial charge in [-0.25, -0.2) is 9.97 Å². The lowest BCUT2D eigenvalue weighted by atomic mass is 9.99. The second-order valence-electron chi connectivity index (χ2n) is 7.56. The molecule has 1 aromatic carbocycles. The first-order valence-electron chi connectivity index (χ1n) is 9.44. The van der Waals surface area contributed by atoms with E-state index in [-0.39, 0.29) is 5.91 Å². The van der Waals surface area contributed by atoms with Crippen molar-refractivity contribution in [2.24, 2.45) is 5.92 Å². The fraction of sp³-hybridized carbons (Fsp3) is 0.476. The Labute approximate surface area is 155 Å². The van der Waals surface area contributed by atoms with Crippen molar-refractivity contribution in [1.29, 1.82) is 0 Å². The minimum atomic E-state index is -0.195. The maximum absolute atomic E-state index is 12.7. The Kier molecular flexibility index (Phi) is 5.55.